The maximum Gasteiger partial charge on any atom is 0.331 e. The van der Waals surface area contributed by atoms with Crippen molar-refractivity contribution < 1.29 is 29.6 Å². The van der Waals surface area contributed by atoms with Crippen LogP contribution in [0.5, 0.6) is 0 Å². The summed E-state index contributed by atoms with van der Waals surface area (Å²) in [5.41, 5.74) is -2.88. The van der Waals surface area contributed by atoms with Gasteiger partial charge in [0.1, 0.15) is 6.10 Å². The maximum atomic E-state index is 14.3. The van der Waals surface area contributed by atoms with Gasteiger partial charge in [-0.05, 0) is 54.1 Å². The molecule has 1 spiro atoms. The van der Waals surface area contributed by atoms with E-state index in [4.69, 9.17) is 4.74 Å². The van der Waals surface area contributed by atoms with Crippen LogP contribution in [0.3, 0.4) is 0 Å². The van der Waals surface area contributed by atoms with Crippen molar-refractivity contribution in [2.75, 3.05) is 6.61 Å². The smallest absolute Gasteiger partial charge is 0.331 e. The minimum Gasteiger partial charge on any atom is -0.451 e. The first kappa shape index (κ1) is 30.2. The molecule has 0 aromatic carbocycles. The van der Waals surface area contributed by atoms with Crippen molar-refractivity contribution in [1.82, 2.24) is 0 Å². The summed E-state index contributed by atoms with van der Waals surface area (Å²) in [5, 5.41) is 34.1. The number of hydrogen-bond acceptors (Lipinski definition) is 6. The van der Waals surface area contributed by atoms with E-state index < -0.39 is 41.7 Å². The number of Topliss-reactive ketones (excluding diaryl/α,β-unsaturated/α-hetero) is 1. The Labute approximate surface area is 238 Å². The molecule has 8 atom stereocenters. The highest BCUT2D eigenvalue weighted by molar-refractivity contribution is 5.95. The standard InChI is InChI=1S/C34H44O6/c1-6-7-8-9-10-11-12-13-14-15-16-17-27(36)40-31-22(2)20-33-23(3)18-26-28(32(26,4)5)25(30(33)38)19-24(21-35)29(37)34(31,33)39/h8-17,19-20,23,25-26,28-29,31,35,37,39H,6-7,18,21H2,1-5H3/b9-8+,11-10+,13-12+,15-14+,17-16+. The number of aliphatic hydroxyl groups excluding tert-OH is 2. The van der Waals surface area contributed by atoms with Crippen molar-refractivity contribution >= 4 is 11.8 Å². The van der Waals surface area contributed by atoms with Crippen LogP contribution in [0.15, 0.2) is 84.1 Å². The second-order valence-corrected chi connectivity index (χ2v) is 12.4. The summed E-state index contributed by atoms with van der Waals surface area (Å²) >= 11 is 0. The Morgan fingerprint density at radius 3 is 2.35 bits per heavy atom. The molecule has 216 valence electrons. The molecule has 2 saturated carbocycles. The van der Waals surface area contributed by atoms with Crippen LogP contribution in [0, 0.1) is 34.5 Å². The molecule has 0 aromatic rings. The molecule has 0 saturated heterocycles. The quantitative estimate of drug-likeness (QED) is 0.163. The molecule has 0 aliphatic heterocycles. The Balaban J connectivity index is 1.54. The number of ether oxygens (including phenoxy) is 1. The first-order valence-electron chi connectivity index (χ1n) is 14.5. The lowest BCUT2D eigenvalue weighted by Gasteiger charge is -2.48. The second-order valence-electron chi connectivity index (χ2n) is 12.4. The molecule has 0 aromatic heterocycles. The van der Waals surface area contributed by atoms with Gasteiger partial charge in [-0.1, -0.05) is 101 Å². The highest BCUT2D eigenvalue weighted by Gasteiger charge is 2.76. The average Bonchev–Trinajstić information content (AvgIpc) is 3.40. The summed E-state index contributed by atoms with van der Waals surface area (Å²) in [5.74, 6) is -1.33. The van der Waals surface area contributed by atoms with Gasteiger partial charge in [-0.2, -0.15) is 0 Å². The molecule has 0 heterocycles. The normalized spacial score (nSPS) is 38.5. The van der Waals surface area contributed by atoms with E-state index in [2.05, 4.69) is 26.8 Å². The van der Waals surface area contributed by atoms with Gasteiger partial charge in [-0.3, -0.25) is 4.79 Å². The van der Waals surface area contributed by atoms with Crippen LogP contribution in [0.25, 0.3) is 0 Å². The number of fused-ring (bicyclic) bond motifs is 3. The lowest BCUT2D eigenvalue weighted by molar-refractivity contribution is -0.201. The minimum atomic E-state index is -2.13. The van der Waals surface area contributed by atoms with Crippen LogP contribution in [-0.4, -0.2) is 51.5 Å². The third kappa shape index (κ3) is 4.84. The predicted octanol–water partition coefficient (Wildman–Crippen LogP) is 4.95. The van der Waals surface area contributed by atoms with Crippen molar-refractivity contribution in [3.05, 3.63) is 84.1 Å². The zero-order chi connectivity index (χ0) is 29.3. The predicted molar refractivity (Wildman–Crippen MR) is 156 cm³/mol. The number of unbranched alkanes of at least 4 members (excludes halogenated alkanes) is 1. The Kier molecular flexibility index (Phi) is 8.74. The van der Waals surface area contributed by atoms with Gasteiger partial charge in [0, 0.05) is 12.0 Å². The fourth-order valence-corrected chi connectivity index (χ4v) is 7.61. The average molecular weight is 549 g/mol. The van der Waals surface area contributed by atoms with Gasteiger partial charge in [0.25, 0.3) is 0 Å². The maximum absolute atomic E-state index is 14.3. The van der Waals surface area contributed by atoms with Crippen LogP contribution < -0.4 is 0 Å². The molecule has 8 unspecified atom stereocenters. The third-order valence-electron chi connectivity index (χ3n) is 9.73. The van der Waals surface area contributed by atoms with E-state index in [0.717, 1.165) is 12.8 Å². The highest BCUT2D eigenvalue weighted by atomic mass is 16.6. The van der Waals surface area contributed by atoms with Gasteiger partial charge in [-0.25, -0.2) is 4.79 Å². The first-order chi connectivity index (χ1) is 19.0. The van der Waals surface area contributed by atoms with Gasteiger partial charge in [0.2, 0.25) is 0 Å². The van der Waals surface area contributed by atoms with Gasteiger partial charge < -0.3 is 20.1 Å². The number of rotatable bonds is 9. The molecule has 6 nitrogen and oxygen atoms in total. The fraction of sp³-hybridized carbons (Fsp3) is 0.529. The summed E-state index contributed by atoms with van der Waals surface area (Å²) in [6.45, 7) is 9.60. The van der Waals surface area contributed by atoms with Crippen molar-refractivity contribution in [2.45, 2.75) is 71.7 Å². The third-order valence-corrected chi connectivity index (χ3v) is 9.73. The zero-order valence-electron chi connectivity index (χ0n) is 24.3. The molecule has 4 aliphatic carbocycles. The summed E-state index contributed by atoms with van der Waals surface area (Å²) in [7, 11) is 0. The molecule has 40 heavy (non-hydrogen) atoms. The van der Waals surface area contributed by atoms with Crippen molar-refractivity contribution in [3.8, 4) is 0 Å². The number of carbonyl (C=O) groups is 2. The fourth-order valence-electron chi connectivity index (χ4n) is 7.61. The largest absolute Gasteiger partial charge is 0.451 e. The molecular weight excluding hydrogens is 504 g/mol. The number of esters is 1. The van der Waals surface area contributed by atoms with E-state index in [-0.39, 0.29) is 28.6 Å². The van der Waals surface area contributed by atoms with Gasteiger partial charge in [-0.15, -0.1) is 0 Å². The zero-order valence-corrected chi connectivity index (χ0v) is 24.3. The number of aliphatic hydroxyl groups is 3. The molecule has 6 heteroatoms. The van der Waals surface area contributed by atoms with E-state index in [1.165, 1.54) is 6.08 Å². The molecule has 2 fully saturated rings. The van der Waals surface area contributed by atoms with Crippen LogP contribution in [-0.2, 0) is 14.3 Å². The van der Waals surface area contributed by atoms with Crippen LogP contribution >= 0.6 is 0 Å². The Morgan fingerprint density at radius 2 is 1.73 bits per heavy atom. The molecule has 4 rings (SSSR count). The molecule has 3 N–H and O–H groups in total. The van der Waals surface area contributed by atoms with Gasteiger partial charge in [0.15, 0.2) is 17.5 Å². The van der Waals surface area contributed by atoms with Crippen molar-refractivity contribution in [3.63, 3.8) is 0 Å². The van der Waals surface area contributed by atoms with E-state index in [1.807, 2.05) is 37.3 Å². The summed E-state index contributed by atoms with van der Waals surface area (Å²) in [6.07, 6.45) is 21.4. The summed E-state index contributed by atoms with van der Waals surface area (Å²) in [4.78, 5) is 27.2. The van der Waals surface area contributed by atoms with E-state index >= 15 is 0 Å². The van der Waals surface area contributed by atoms with Crippen LogP contribution in [0.4, 0.5) is 0 Å². The lowest BCUT2D eigenvalue weighted by atomic mass is 9.59. The van der Waals surface area contributed by atoms with E-state index in [0.29, 0.717) is 17.9 Å². The first-order valence-corrected chi connectivity index (χ1v) is 14.5. The number of ketones is 1. The molecule has 4 aliphatic rings. The number of hydrogen-bond donors (Lipinski definition) is 3. The Bertz CT molecular complexity index is 1210. The second kappa shape index (κ2) is 11.6. The number of carbonyl (C=O) groups excluding carboxylic acids is 2. The molecule has 2 bridgehead atoms. The highest BCUT2D eigenvalue weighted by Crippen LogP contribution is 2.71. The van der Waals surface area contributed by atoms with Crippen LogP contribution in [0.1, 0.15) is 53.9 Å². The van der Waals surface area contributed by atoms with Gasteiger partial charge >= 0.3 is 5.97 Å². The molecular formula is C34H44O6. The lowest BCUT2D eigenvalue weighted by Crippen LogP contribution is -2.65. The van der Waals surface area contributed by atoms with Crippen molar-refractivity contribution in [2.24, 2.45) is 34.5 Å². The molecule has 0 amide bonds. The monoisotopic (exact) mass is 548 g/mol. The SMILES string of the molecule is CCC/C=C/C=C/C=C/C=C/C=C/C(=O)OC1C(C)=CC23C(=O)C(C=C(CO)C(O)C12O)C1C(CC3C)C1(C)C. The Hall–Kier alpha value is -2.80. The van der Waals surface area contributed by atoms with E-state index in [1.54, 1.807) is 37.3 Å². The van der Waals surface area contributed by atoms with Crippen LogP contribution in [0.2, 0.25) is 0 Å². The summed E-state index contributed by atoms with van der Waals surface area (Å²) in [6, 6.07) is 0. The number of allylic oxidation sites excluding steroid dienone is 10. The van der Waals surface area contributed by atoms with Gasteiger partial charge in [0.05, 0.1) is 12.0 Å². The topological polar surface area (TPSA) is 104 Å². The Morgan fingerprint density at radius 1 is 1.10 bits per heavy atom. The molecule has 0 radical (unpaired) electrons. The van der Waals surface area contributed by atoms with Crippen molar-refractivity contribution in [1.29, 1.82) is 0 Å². The minimum absolute atomic E-state index is 0.0423. The van der Waals surface area contributed by atoms with E-state index in [9.17, 15) is 24.9 Å². The summed E-state index contributed by atoms with van der Waals surface area (Å²) < 4.78 is 5.77.